The minimum Gasteiger partial charge on any atom is -0.381 e. The third-order valence-corrected chi connectivity index (χ3v) is 3.38. The number of hydrogen-bond donors (Lipinski definition) is 1. The molecular weight excluding hydrogens is 288 g/mol. The van der Waals surface area contributed by atoms with Gasteiger partial charge in [-0.2, -0.15) is 0 Å². The Bertz CT molecular complexity index is 474. The van der Waals surface area contributed by atoms with Crippen LogP contribution in [0.3, 0.4) is 0 Å². The van der Waals surface area contributed by atoms with E-state index in [9.17, 15) is 0 Å². The van der Waals surface area contributed by atoms with Crippen LogP contribution in [0, 0.1) is 0 Å². The van der Waals surface area contributed by atoms with Crippen LogP contribution >= 0.6 is 27.5 Å². The monoisotopic (exact) mass is 296 g/mol. The summed E-state index contributed by atoms with van der Waals surface area (Å²) in [4.78, 5) is 3.97. The van der Waals surface area contributed by atoms with E-state index in [0.717, 1.165) is 21.7 Å². The predicted octanol–water partition coefficient (Wildman–Crippen LogP) is 4.11. The zero-order valence-corrected chi connectivity index (χ0v) is 10.8. The maximum Gasteiger partial charge on any atom is 0.0549 e. The van der Waals surface area contributed by atoms with Crippen molar-refractivity contribution in [3.8, 4) is 0 Å². The normalized spacial score (nSPS) is 10.1. The van der Waals surface area contributed by atoms with E-state index >= 15 is 0 Å². The van der Waals surface area contributed by atoms with Crippen molar-refractivity contribution in [3.05, 3.63) is 57.8 Å². The van der Waals surface area contributed by atoms with Gasteiger partial charge in [0.05, 0.1) is 5.02 Å². The Labute approximate surface area is 108 Å². The molecule has 0 aliphatic rings. The Morgan fingerprint density at radius 1 is 1.19 bits per heavy atom. The number of nitrogens with zero attached hydrogens (tertiary/aromatic N) is 1. The van der Waals surface area contributed by atoms with Gasteiger partial charge < -0.3 is 5.32 Å². The number of hydrogen-bond acceptors (Lipinski definition) is 2. The number of halogens is 2. The molecule has 2 aromatic rings. The average Bonchev–Trinajstić information content (AvgIpc) is 2.32. The molecule has 0 fully saturated rings. The van der Waals surface area contributed by atoms with Crippen LogP contribution in [0.5, 0.6) is 0 Å². The van der Waals surface area contributed by atoms with Crippen molar-refractivity contribution in [1.82, 2.24) is 4.98 Å². The summed E-state index contributed by atoms with van der Waals surface area (Å²) in [5.41, 5.74) is 2.23. The van der Waals surface area contributed by atoms with Crippen molar-refractivity contribution >= 4 is 33.2 Å². The Morgan fingerprint density at radius 2 is 1.94 bits per heavy atom. The summed E-state index contributed by atoms with van der Waals surface area (Å²) in [6, 6.07) is 9.74. The van der Waals surface area contributed by atoms with Crippen LogP contribution in [0.2, 0.25) is 5.02 Å². The first-order valence-corrected chi connectivity index (χ1v) is 6.00. The molecule has 0 unspecified atom stereocenters. The van der Waals surface area contributed by atoms with Crippen molar-refractivity contribution in [2.75, 3.05) is 5.32 Å². The van der Waals surface area contributed by atoms with Crippen molar-refractivity contribution in [2.45, 2.75) is 6.54 Å². The highest BCUT2D eigenvalue weighted by molar-refractivity contribution is 9.10. The van der Waals surface area contributed by atoms with Crippen LogP contribution in [0.15, 0.2) is 47.2 Å². The largest absolute Gasteiger partial charge is 0.381 e. The Balaban J connectivity index is 2.03. The van der Waals surface area contributed by atoms with Gasteiger partial charge in [-0.25, -0.2) is 0 Å². The lowest BCUT2D eigenvalue weighted by Crippen LogP contribution is -1.99. The molecule has 1 N–H and O–H groups in total. The Morgan fingerprint density at radius 3 is 2.62 bits per heavy atom. The standard InChI is InChI=1S/C12H10BrClN2/c13-11-7-10(1-2-12(11)14)16-8-9-3-5-15-6-4-9/h1-7,16H,8H2. The molecule has 16 heavy (non-hydrogen) atoms. The molecule has 1 aromatic carbocycles. The molecule has 2 rings (SSSR count). The van der Waals surface area contributed by atoms with Crippen LogP contribution in [0.25, 0.3) is 0 Å². The first kappa shape index (κ1) is 11.4. The van der Waals surface area contributed by atoms with Gasteiger partial charge in [0.25, 0.3) is 0 Å². The van der Waals surface area contributed by atoms with Gasteiger partial charge in [0.2, 0.25) is 0 Å². The Hall–Kier alpha value is -1.06. The van der Waals surface area contributed by atoms with Crippen LogP contribution in [-0.4, -0.2) is 4.98 Å². The van der Waals surface area contributed by atoms with Gasteiger partial charge in [0, 0.05) is 29.1 Å². The van der Waals surface area contributed by atoms with E-state index in [0.29, 0.717) is 0 Å². The first-order chi connectivity index (χ1) is 7.75. The topological polar surface area (TPSA) is 24.9 Å². The molecule has 82 valence electrons. The molecule has 0 bridgehead atoms. The lowest BCUT2D eigenvalue weighted by Gasteiger charge is -2.07. The van der Waals surface area contributed by atoms with E-state index in [1.807, 2.05) is 30.3 Å². The summed E-state index contributed by atoms with van der Waals surface area (Å²) < 4.78 is 0.897. The van der Waals surface area contributed by atoms with Gasteiger partial charge in [-0.15, -0.1) is 0 Å². The molecule has 0 amide bonds. The fraction of sp³-hybridized carbons (Fsp3) is 0.0833. The summed E-state index contributed by atoms with van der Waals surface area (Å²) in [5, 5.41) is 4.03. The van der Waals surface area contributed by atoms with Crippen molar-refractivity contribution in [3.63, 3.8) is 0 Å². The predicted molar refractivity (Wildman–Crippen MR) is 70.7 cm³/mol. The highest BCUT2D eigenvalue weighted by Gasteiger charge is 1.98. The van der Waals surface area contributed by atoms with Gasteiger partial charge in [0.15, 0.2) is 0 Å². The van der Waals surface area contributed by atoms with Gasteiger partial charge in [-0.1, -0.05) is 11.6 Å². The summed E-state index contributed by atoms with van der Waals surface area (Å²) in [5.74, 6) is 0. The van der Waals surface area contributed by atoms with Crippen molar-refractivity contribution in [2.24, 2.45) is 0 Å². The molecule has 1 aromatic heterocycles. The zero-order chi connectivity index (χ0) is 11.4. The molecule has 0 aliphatic heterocycles. The third-order valence-electron chi connectivity index (χ3n) is 2.17. The number of benzene rings is 1. The summed E-state index contributed by atoms with van der Waals surface area (Å²) in [6.45, 7) is 0.774. The van der Waals surface area contributed by atoms with Crippen LogP contribution in [-0.2, 0) is 6.54 Å². The van der Waals surface area contributed by atoms with E-state index in [1.54, 1.807) is 12.4 Å². The van der Waals surface area contributed by atoms with Gasteiger partial charge >= 0.3 is 0 Å². The van der Waals surface area contributed by atoms with Gasteiger partial charge in [-0.3, -0.25) is 4.98 Å². The average molecular weight is 298 g/mol. The molecule has 0 saturated carbocycles. The number of anilines is 1. The second kappa shape index (κ2) is 5.32. The number of aromatic nitrogens is 1. The second-order valence-electron chi connectivity index (χ2n) is 3.34. The first-order valence-electron chi connectivity index (χ1n) is 4.83. The third kappa shape index (κ3) is 2.97. The molecule has 0 aliphatic carbocycles. The van der Waals surface area contributed by atoms with E-state index in [-0.39, 0.29) is 0 Å². The van der Waals surface area contributed by atoms with Crippen molar-refractivity contribution in [1.29, 1.82) is 0 Å². The quantitative estimate of drug-likeness (QED) is 0.922. The van der Waals surface area contributed by atoms with Crippen LogP contribution < -0.4 is 5.32 Å². The number of pyridine rings is 1. The Kier molecular flexibility index (Phi) is 3.80. The van der Waals surface area contributed by atoms with E-state index < -0.39 is 0 Å². The zero-order valence-electron chi connectivity index (χ0n) is 8.45. The van der Waals surface area contributed by atoms with Gasteiger partial charge in [-0.05, 0) is 51.8 Å². The fourth-order valence-electron chi connectivity index (χ4n) is 1.31. The lowest BCUT2D eigenvalue weighted by molar-refractivity contribution is 1.13. The molecule has 2 nitrogen and oxygen atoms in total. The van der Waals surface area contributed by atoms with E-state index in [2.05, 4.69) is 26.2 Å². The fourth-order valence-corrected chi connectivity index (χ4v) is 1.81. The SMILES string of the molecule is Clc1ccc(NCc2ccncc2)cc1Br. The van der Waals surface area contributed by atoms with Gasteiger partial charge in [0.1, 0.15) is 0 Å². The molecule has 0 saturated heterocycles. The summed E-state index contributed by atoms with van der Waals surface area (Å²) in [7, 11) is 0. The molecule has 0 spiro atoms. The molecule has 4 heteroatoms. The minimum atomic E-state index is 0.717. The summed E-state index contributed by atoms with van der Waals surface area (Å²) in [6.07, 6.45) is 3.57. The molecule has 0 radical (unpaired) electrons. The second-order valence-corrected chi connectivity index (χ2v) is 4.60. The number of nitrogens with one attached hydrogen (secondary N) is 1. The van der Waals surface area contributed by atoms with E-state index in [1.165, 1.54) is 5.56 Å². The highest BCUT2D eigenvalue weighted by Crippen LogP contribution is 2.25. The molecule has 1 heterocycles. The van der Waals surface area contributed by atoms with Crippen LogP contribution in [0.1, 0.15) is 5.56 Å². The minimum absolute atomic E-state index is 0.717. The van der Waals surface area contributed by atoms with Crippen LogP contribution in [0.4, 0.5) is 5.69 Å². The number of rotatable bonds is 3. The van der Waals surface area contributed by atoms with Crippen molar-refractivity contribution < 1.29 is 0 Å². The molecular formula is C12H10BrClN2. The highest BCUT2D eigenvalue weighted by atomic mass is 79.9. The maximum atomic E-state index is 5.91. The maximum absolute atomic E-state index is 5.91. The molecule has 0 atom stereocenters. The van der Waals surface area contributed by atoms with E-state index in [4.69, 9.17) is 11.6 Å². The summed E-state index contributed by atoms with van der Waals surface area (Å²) >= 11 is 9.31. The lowest BCUT2D eigenvalue weighted by atomic mass is 10.2. The smallest absolute Gasteiger partial charge is 0.0549 e.